The molecule has 1 aromatic rings. The number of carbonyl (C=O) groups is 1. The van der Waals surface area contributed by atoms with Gasteiger partial charge in [-0.25, -0.2) is 21.9 Å². The molecule has 0 saturated heterocycles. The Morgan fingerprint density at radius 1 is 1.39 bits per heavy atom. The third kappa shape index (κ3) is 6.92. The average Bonchev–Trinajstić information content (AvgIpc) is 2.46. The van der Waals surface area contributed by atoms with Crippen molar-refractivity contribution in [1.82, 2.24) is 9.62 Å². The molecule has 0 spiro atoms. The van der Waals surface area contributed by atoms with Crippen molar-refractivity contribution in [2.45, 2.75) is 31.1 Å². The maximum absolute atomic E-state index is 12.4. The van der Waals surface area contributed by atoms with Gasteiger partial charge in [0.2, 0.25) is 15.9 Å². The molecule has 23 heavy (non-hydrogen) atoms. The molecule has 1 aromatic carbocycles. The molecule has 1 amide bonds. The van der Waals surface area contributed by atoms with E-state index in [0.29, 0.717) is 10.9 Å². The second-order valence-electron chi connectivity index (χ2n) is 4.84. The number of nitrogens with one attached hydrogen (secondary N) is 1. The van der Waals surface area contributed by atoms with Crippen LogP contribution in [0.1, 0.15) is 19.8 Å². The first-order valence-electron chi connectivity index (χ1n) is 7.07. The SMILES string of the molecule is CCCN(CC(F)F)C(=O)CCNS(=O)(=O)c1cccc(Br)c1. The van der Waals surface area contributed by atoms with Gasteiger partial charge in [-0.2, -0.15) is 0 Å². The summed E-state index contributed by atoms with van der Waals surface area (Å²) in [6, 6.07) is 6.13. The van der Waals surface area contributed by atoms with Crippen LogP contribution in [0.15, 0.2) is 33.6 Å². The van der Waals surface area contributed by atoms with Gasteiger partial charge in [-0.05, 0) is 24.6 Å². The van der Waals surface area contributed by atoms with E-state index < -0.39 is 28.9 Å². The summed E-state index contributed by atoms with van der Waals surface area (Å²) >= 11 is 3.18. The fourth-order valence-corrected chi connectivity index (χ4v) is 3.55. The van der Waals surface area contributed by atoms with Gasteiger partial charge in [0.1, 0.15) is 0 Å². The van der Waals surface area contributed by atoms with Gasteiger partial charge < -0.3 is 4.90 Å². The van der Waals surface area contributed by atoms with Crippen LogP contribution in [0.2, 0.25) is 0 Å². The van der Waals surface area contributed by atoms with Crippen molar-refractivity contribution in [3.05, 3.63) is 28.7 Å². The molecular formula is C14H19BrF2N2O3S. The summed E-state index contributed by atoms with van der Waals surface area (Å²) in [7, 11) is -3.74. The van der Waals surface area contributed by atoms with Gasteiger partial charge in [-0.3, -0.25) is 4.79 Å². The lowest BCUT2D eigenvalue weighted by atomic mass is 10.3. The zero-order chi connectivity index (χ0) is 17.5. The number of carbonyl (C=O) groups excluding carboxylic acids is 1. The molecular weight excluding hydrogens is 394 g/mol. The number of sulfonamides is 1. The molecule has 1 rings (SSSR count). The van der Waals surface area contributed by atoms with Crippen LogP contribution in [-0.4, -0.2) is 45.3 Å². The Morgan fingerprint density at radius 3 is 2.65 bits per heavy atom. The standard InChI is InChI=1S/C14H19BrF2N2O3S/c1-2-8-19(10-13(16)17)14(20)6-7-18-23(21,22)12-5-3-4-11(15)9-12/h3-5,9,13,18H,2,6-8,10H2,1H3. The van der Waals surface area contributed by atoms with Gasteiger partial charge in [0.05, 0.1) is 11.4 Å². The van der Waals surface area contributed by atoms with Crippen LogP contribution in [0.4, 0.5) is 8.78 Å². The molecule has 0 fully saturated rings. The van der Waals surface area contributed by atoms with Gasteiger partial charge >= 0.3 is 0 Å². The van der Waals surface area contributed by atoms with E-state index >= 15 is 0 Å². The first-order chi connectivity index (χ1) is 10.8. The Kier molecular flexibility index (Phi) is 8.07. The molecule has 130 valence electrons. The van der Waals surface area contributed by atoms with Crippen LogP contribution in [0.5, 0.6) is 0 Å². The Labute approximate surface area is 143 Å². The summed E-state index contributed by atoms with van der Waals surface area (Å²) in [6.07, 6.45) is -2.22. The summed E-state index contributed by atoms with van der Waals surface area (Å²) < 4.78 is 51.9. The zero-order valence-corrected chi connectivity index (χ0v) is 15.0. The van der Waals surface area contributed by atoms with E-state index in [-0.39, 0.29) is 24.4 Å². The molecule has 0 aliphatic carbocycles. The number of rotatable bonds is 9. The second-order valence-corrected chi connectivity index (χ2v) is 7.52. The van der Waals surface area contributed by atoms with E-state index in [2.05, 4.69) is 20.7 Å². The van der Waals surface area contributed by atoms with Crippen LogP contribution in [-0.2, 0) is 14.8 Å². The minimum absolute atomic E-state index is 0.0670. The van der Waals surface area contributed by atoms with E-state index in [1.165, 1.54) is 12.1 Å². The molecule has 5 nitrogen and oxygen atoms in total. The van der Waals surface area contributed by atoms with Crippen LogP contribution < -0.4 is 4.72 Å². The van der Waals surface area contributed by atoms with Gasteiger partial charge in [-0.1, -0.05) is 28.9 Å². The van der Waals surface area contributed by atoms with E-state index in [9.17, 15) is 22.0 Å². The zero-order valence-electron chi connectivity index (χ0n) is 12.6. The minimum atomic E-state index is -3.74. The summed E-state index contributed by atoms with van der Waals surface area (Å²) in [5.41, 5.74) is 0. The predicted octanol–water partition coefficient (Wildman–Crippen LogP) is 2.62. The van der Waals surface area contributed by atoms with Gasteiger partial charge in [0.15, 0.2) is 0 Å². The van der Waals surface area contributed by atoms with Crippen molar-refractivity contribution >= 4 is 31.9 Å². The number of amides is 1. The van der Waals surface area contributed by atoms with Crippen molar-refractivity contribution in [3.63, 3.8) is 0 Å². The molecule has 9 heteroatoms. The molecule has 0 saturated carbocycles. The Bertz CT molecular complexity index is 626. The molecule has 0 aliphatic heterocycles. The third-order valence-corrected chi connectivity index (χ3v) is 4.89. The summed E-state index contributed by atoms with van der Waals surface area (Å²) in [6.45, 7) is 1.23. The van der Waals surface area contributed by atoms with Gasteiger partial charge in [0, 0.05) is 24.0 Å². The highest BCUT2D eigenvalue weighted by atomic mass is 79.9. The summed E-state index contributed by atoms with van der Waals surface area (Å²) in [5.74, 6) is -0.496. The lowest BCUT2D eigenvalue weighted by molar-refractivity contribution is -0.133. The van der Waals surface area contributed by atoms with E-state index in [1.54, 1.807) is 19.1 Å². The van der Waals surface area contributed by atoms with Gasteiger partial charge in [-0.15, -0.1) is 0 Å². The number of nitrogens with zero attached hydrogens (tertiary/aromatic N) is 1. The predicted molar refractivity (Wildman–Crippen MR) is 86.8 cm³/mol. The molecule has 0 bridgehead atoms. The van der Waals surface area contributed by atoms with Crippen molar-refractivity contribution < 1.29 is 22.0 Å². The van der Waals surface area contributed by atoms with Gasteiger partial charge in [0.25, 0.3) is 6.43 Å². The molecule has 0 heterocycles. The lowest BCUT2D eigenvalue weighted by Crippen LogP contribution is -2.38. The normalized spacial score (nSPS) is 11.7. The molecule has 0 aromatic heterocycles. The minimum Gasteiger partial charge on any atom is -0.337 e. The monoisotopic (exact) mass is 412 g/mol. The Hall–Kier alpha value is -1.06. The first kappa shape index (κ1) is 20.0. The van der Waals surface area contributed by atoms with Crippen molar-refractivity contribution in [2.24, 2.45) is 0 Å². The maximum atomic E-state index is 12.4. The van der Waals surface area contributed by atoms with Crippen molar-refractivity contribution in [1.29, 1.82) is 0 Å². The fourth-order valence-electron chi connectivity index (χ4n) is 1.92. The largest absolute Gasteiger partial charge is 0.337 e. The fraction of sp³-hybridized carbons (Fsp3) is 0.500. The quantitative estimate of drug-likeness (QED) is 0.677. The Balaban J connectivity index is 2.59. The number of benzene rings is 1. The van der Waals surface area contributed by atoms with E-state index in [1.807, 2.05) is 0 Å². The molecule has 0 aliphatic rings. The van der Waals surface area contributed by atoms with Crippen LogP contribution in [0.25, 0.3) is 0 Å². The highest BCUT2D eigenvalue weighted by molar-refractivity contribution is 9.10. The topological polar surface area (TPSA) is 66.5 Å². The first-order valence-corrected chi connectivity index (χ1v) is 9.35. The van der Waals surface area contributed by atoms with Crippen LogP contribution in [0.3, 0.4) is 0 Å². The second kappa shape index (κ2) is 9.29. The number of hydrogen-bond donors (Lipinski definition) is 1. The van der Waals surface area contributed by atoms with Crippen molar-refractivity contribution in [3.8, 4) is 0 Å². The summed E-state index contributed by atoms with van der Waals surface area (Å²) in [5, 5.41) is 0. The molecule has 0 atom stereocenters. The highest BCUT2D eigenvalue weighted by Gasteiger charge is 2.19. The third-order valence-electron chi connectivity index (χ3n) is 2.94. The number of hydrogen-bond acceptors (Lipinski definition) is 3. The smallest absolute Gasteiger partial charge is 0.255 e. The number of halogens is 3. The lowest BCUT2D eigenvalue weighted by Gasteiger charge is -2.21. The van der Waals surface area contributed by atoms with E-state index in [0.717, 1.165) is 4.90 Å². The van der Waals surface area contributed by atoms with Crippen LogP contribution in [0, 0.1) is 0 Å². The Morgan fingerprint density at radius 2 is 2.09 bits per heavy atom. The van der Waals surface area contributed by atoms with Crippen LogP contribution >= 0.6 is 15.9 Å². The highest BCUT2D eigenvalue weighted by Crippen LogP contribution is 2.15. The average molecular weight is 413 g/mol. The van der Waals surface area contributed by atoms with E-state index in [4.69, 9.17) is 0 Å². The maximum Gasteiger partial charge on any atom is 0.255 e. The number of alkyl halides is 2. The van der Waals surface area contributed by atoms with Crippen molar-refractivity contribution in [2.75, 3.05) is 19.6 Å². The molecule has 1 N–H and O–H groups in total. The molecule has 0 unspecified atom stereocenters. The molecule has 0 radical (unpaired) electrons. The summed E-state index contributed by atoms with van der Waals surface area (Å²) in [4.78, 5) is 13.0.